The number of hydrogen-bond acceptors (Lipinski definition) is 2. The highest BCUT2D eigenvalue weighted by Gasteiger charge is 2.39. The molecule has 0 N–H and O–H groups in total. The Bertz CT molecular complexity index is 438. The van der Waals surface area contributed by atoms with Crippen molar-refractivity contribution in [3.8, 4) is 5.75 Å². The third-order valence-electron chi connectivity index (χ3n) is 3.30. The minimum atomic E-state index is -1.86. The fourth-order valence-corrected chi connectivity index (χ4v) is 2.23. The van der Waals surface area contributed by atoms with Crippen molar-refractivity contribution >= 4 is 20.3 Å². The predicted octanol–water partition coefficient (Wildman–Crippen LogP) is 3.92. The molecule has 0 fully saturated rings. The number of carbonyl (C=O) groups excluding carboxylic acids is 1. The van der Waals surface area contributed by atoms with E-state index in [4.69, 9.17) is 4.43 Å². The highest BCUT2D eigenvalue weighted by atomic mass is 28.4. The largest absolute Gasteiger partial charge is 0.543 e. The van der Waals surface area contributed by atoms with Crippen molar-refractivity contribution in [3.63, 3.8) is 0 Å². The van der Waals surface area contributed by atoms with E-state index in [-0.39, 0.29) is 5.04 Å². The van der Waals surface area contributed by atoms with Crippen molar-refractivity contribution in [2.45, 2.75) is 38.9 Å². The average Bonchev–Trinajstić information content (AvgIpc) is 2.19. The summed E-state index contributed by atoms with van der Waals surface area (Å²) in [6.45, 7) is 11.0. The summed E-state index contributed by atoms with van der Waals surface area (Å²) < 4.78 is 6.18. The summed E-state index contributed by atoms with van der Waals surface area (Å²) in [4.78, 5) is 10.5. The van der Waals surface area contributed by atoms with E-state index in [9.17, 15) is 4.79 Å². The predicted molar refractivity (Wildman–Crippen MR) is 74.4 cm³/mol. The molecule has 0 saturated carbocycles. The van der Waals surface area contributed by atoms with E-state index in [0.717, 1.165) is 11.3 Å². The molecule has 92 valence electrons. The van der Waals surface area contributed by atoms with Gasteiger partial charge in [-0.3, -0.25) is 0 Å². The van der Waals surface area contributed by atoms with Crippen LogP contribution in [0.2, 0.25) is 18.1 Å². The van der Waals surface area contributed by atoms with Crippen LogP contribution in [-0.2, 0) is 4.79 Å². The molecule has 1 rings (SSSR count). The van der Waals surface area contributed by atoms with Crippen molar-refractivity contribution in [1.29, 1.82) is 0 Å². The number of rotatable bonds is 3. The Hall–Kier alpha value is -1.31. The second-order valence-corrected chi connectivity index (χ2v) is 10.4. The maximum absolute atomic E-state index is 10.5. The molecule has 2 nitrogen and oxygen atoms in total. The zero-order valence-electron chi connectivity index (χ0n) is 11.2. The lowest BCUT2D eigenvalue weighted by atomic mass is 10.2. The van der Waals surface area contributed by atoms with Crippen LogP contribution in [-0.4, -0.2) is 14.3 Å². The highest BCUT2D eigenvalue weighted by Crippen LogP contribution is 2.38. The molecule has 0 amide bonds. The van der Waals surface area contributed by atoms with Gasteiger partial charge < -0.3 is 4.43 Å². The van der Waals surface area contributed by atoms with E-state index in [0.29, 0.717) is 0 Å². The third-order valence-corrected chi connectivity index (χ3v) is 7.65. The maximum Gasteiger partial charge on any atom is 0.250 e. The van der Waals surface area contributed by atoms with Gasteiger partial charge in [0, 0.05) is 11.6 Å². The van der Waals surface area contributed by atoms with Crippen molar-refractivity contribution in [2.24, 2.45) is 0 Å². The van der Waals surface area contributed by atoms with Crippen molar-refractivity contribution < 1.29 is 9.22 Å². The normalized spacial score (nSPS) is 11.8. The second-order valence-electron chi connectivity index (χ2n) is 5.66. The van der Waals surface area contributed by atoms with Gasteiger partial charge >= 0.3 is 0 Å². The van der Waals surface area contributed by atoms with Gasteiger partial charge in [0.1, 0.15) is 11.7 Å². The number of benzene rings is 1. The van der Waals surface area contributed by atoms with Crippen molar-refractivity contribution in [1.82, 2.24) is 0 Å². The van der Waals surface area contributed by atoms with E-state index in [1.165, 1.54) is 6.08 Å². The third kappa shape index (κ3) is 3.32. The van der Waals surface area contributed by atoms with Crippen LogP contribution in [0.3, 0.4) is 0 Å². The summed E-state index contributed by atoms with van der Waals surface area (Å²) in [6, 6.07) is 7.59. The van der Waals surface area contributed by atoms with Gasteiger partial charge in [-0.15, -0.1) is 0 Å². The summed E-state index contributed by atoms with van der Waals surface area (Å²) in [5, 5.41) is 0.144. The molecule has 0 unspecified atom stereocenters. The molecule has 0 spiro atoms. The van der Waals surface area contributed by atoms with Gasteiger partial charge in [-0.2, -0.15) is 0 Å². The minimum Gasteiger partial charge on any atom is -0.543 e. The topological polar surface area (TPSA) is 26.3 Å². The monoisotopic (exact) mass is 248 g/mol. The molecular weight excluding hydrogens is 228 g/mol. The van der Waals surface area contributed by atoms with E-state index >= 15 is 0 Å². The van der Waals surface area contributed by atoms with Gasteiger partial charge in [0.2, 0.25) is 0 Å². The minimum absolute atomic E-state index is 0.144. The number of para-hydroxylation sites is 1. The first-order valence-corrected chi connectivity index (χ1v) is 8.68. The molecular formula is C14H20O2Si. The summed E-state index contributed by atoms with van der Waals surface area (Å²) in [6.07, 6.45) is 1.42. The van der Waals surface area contributed by atoms with Crippen molar-refractivity contribution in [2.75, 3.05) is 0 Å². The standard InChI is InChI=1S/C14H20O2Si/c1-14(2,3)17(4,5)16-13-9-7-6-8-12(13)10-11-15/h6-10H,1-5H3. The van der Waals surface area contributed by atoms with Gasteiger partial charge in [0.05, 0.1) is 0 Å². The molecule has 3 heteroatoms. The molecule has 1 aromatic rings. The summed E-state index contributed by atoms with van der Waals surface area (Å²) in [5.74, 6) is 2.59. The van der Waals surface area contributed by atoms with Crippen LogP contribution in [0.4, 0.5) is 0 Å². The van der Waals surface area contributed by atoms with Crippen LogP contribution >= 0.6 is 0 Å². The Morgan fingerprint density at radius 2 is 1.82 bits per heavy atom. The smallest absolute Gasteiger partial charge is 0.250 e. The summed E-state index contributed by atoms with van der Waals surface area (Å²) in [7, 11) is -1.86. The summed E-state index contributed by atoms with van der Waals surface area (Å²) >= 11 is 0. The number of hydrogen-bond donors (Lipinski definition) is 0. The van der Waals surface area contributed by atoms with Gasteiger partial charge in [-0.1, -0.05) is 39.0 Å². The zero-order chi connectivity index (χ0) is 13.1. The Balaban J connectivity index is 3.07. The average molecular weight is 248 g/mol. The molecule has 1 aromatic carbocycles. The Morgan fingerprint density at radius 3 is 2.35 bits per heavy atom. The maximum atomic E-state index is 10.5. The molecule has 0 aromatic heterocycles. The second kappa shape index (κ2) is 4.90. The molecule has 0 aliphatic carbocycles. The quantitative estimate of drug-likeness (QED) is 0.598. The molecule has 17 heavy (non-hydrogen) atoms. The van der Waals surface area contributed by atoms with E-state index in [2.05, 4.69) is 33.9 Å². The fraction of sp³-hybridized carbons (Fsp3) is 0.429. The van der Waals surface area contributed by atoms with Crippen LogP contribution in [0.15, 0.2) is 24.3 Å². The Morgan fingerprint density at radius 1 is 1.24 bits per heavy atom. The van der Waals surface area contributed by atoms with E-state index < -0.39 is 8.32 Å². The van der Waals surface area contributed by atoms with Crippen molar-refractivity contribution in [3.05, 3.63) is 29.8 Å². The van der Waals surface area contributed by atoms with Crippen LogP contribution in [0.5, 0.6) is 5.75 Å². The lowest BCUT2D eigenvalue weighted by Gasteiger charge is -2.36. The molecule has 0 radical (unpaired) electrons. The molecule has 0 heterocycles. The first kappa shape index (κ1) is 13.8. The van der Waals surface area contributed by atoms with Gasteiger partial charge in [0.25, 0.3) is 8.32 Å². The van der Waals surface area contributed by atoms with Crippen LogP contribution in [0.1, 0.15) is 26.3 Å². The van der Waals surface area contributed by atoms with Crippen LogP contribution in [0.25, 0.3) is 6.08 Å². The molecule has 0 bridgehead atoms. The lowest BCUT2D eigenvalue weighted by Crippen LogP contribution is -2.44. The van der Waals surface area contributed by atoms with Gasteiger partial charge in [-0.05, 0) is 24.2 Å². The lowest BCUT2D eigenvalue weighted by molar-refractivity contribution is 0.491. The highest BCUT2D eigenvalue weighted by molar-refractivity contribution is 6.74. The van der Waals surface area contributed by atoms with E-state index in [1.54, 1.807) is 0 Å². The zero-order valence-corrected chi connectivity index (χ0v) is 12.2. The Labute approximate surface area is 104 Å². The van der Waals surface area contributed by atoms with Gasteiger partial charge in [0.15, 0.2) is 0 Å². The van der Waals surface area contributed by atoms with Crippen LogP contribution in [0, 0.1) is 0 Å². The molecule has 0 saturated heterocycles. The molecule has 0 aliphatic rings. The molecule has 0 aliphatic heterocycles. The summed E-state index contributed by atoms with van der Waals surface area (Å²) in [5.41, 5.74) is 0.798. The van der Waals surface area contributed by atoms with Gasteiger partial charge in [-0.25, -0.2) is 4.79 Å². The molecule has 0 atom stereocenters. The Kier molecular flexibility index (Phi) is 3.97. The SMILES string of the molecule is CC(C)(C)[Si](C)(C)Oc1ccccc1C=C=O. The fourth-order valence-electron chi connectivity index (χ4n) is 1.18. The van der Waals surface area contributed by atoms with Crippen LogP contribution < -0.4 is 4.43 Å². The first-order valence-electron chi connectivity index (χ1n) is 5.77. The van der Waals surface area contributed by atoms with E-state index in [1.807, 2.05) is 30.2 Å². The first-order chi connectivity index (χ1) is 7.78.